The van der Waals surface area contributed by atoms with Crippen LogP contribution in [0.2, 0.25) is 0 Å². The molecule has 0 spiro atoms. The van der Waals surface area contributed by atoms with Crippen molar-refractivity contribution in [2.75, 3.05) is 7.11 Å². The third kappa shape index (κ3) is 2.67. The van der Waals surface area contributed by atoms with Gasteiger partial charge < -0.3 is 16.2 Å². The molecule has 0 aromatic carbocycles. The summed E-state index contributed by atoms with van der Waals surface area (Å²) in [5.74, 6) is -0.134. The number of ether oxygens (including phenoxy) is 1. The Labute approximate surface area is 78.6 Å². The molecule has 4 heteroatoms. The summed E-state index contributed by atoms with van der Waals surface area (Å²) in [6.45, 7) is 0. The van der Waals surface area contributed by atoms with Gasteiger partial charge in [-0.1, -0.05) is 0 Å². The summed E-state index contributed by atoms with van der Waals surface area (Å²) in [4.78, 5) is 10.8. The fraction of sp³-hybridized carbons (Fsp3) is 0.889. The minimum atomic E-state index is -0.474. The van der Waals surface area contributed by atoms with E-state index in [2.05, 4.69) is 0 Å². The zero-order chi connectivity index (χ0) is 9.84. The molecule has 0 aromatic rings. The van der Waals surface area contributed by atoms with Crippen LogP contribution in [0.5, 0.6) is 0 Å². The number of carbonyl (C=O) groups is 1. The number of nitrogens with two attached hydrogens (primary N) is 2. The number of hydrogen-bond donors (Lipinski definition) is 2. The van der Waals surface area contributed by atoms with Crippen LogP contribution < -0.4 is 11.5 Å². The second-order valence-electron chi connectivity index (χ2n) is 3.70. The molecule has 76 valence electrons. The molecule has 13 heavy (non-hydrogen) atoms. The van der Waals surface area contributed by atoms with E-state index in [9.17, 15) is 4.79 Å². The van der Waals surface area contributed by atoms with Gasteiger partial charge in [-0.05, 0) is 31.6 Å². The van der Waals surface area contributed by atoms with Crippen molar-refractivity contribution in [3.05, 3.63) is 0 Å². The van der Waals surface area contributed by atoms with Crippen LogP contribution in [-0.2, 0) is 9.53 Å². The topological polar surface area (TPSA) is 78.3 Å². The molecule has 1 aliphatic rings. The van der Waals surface area contributed by atoms with E-state index in [0.29, 0.717) is 6.10 Å². The van der Waals surface area contributed by atoms with Gasteiger partial charge in [0.2, 0.25) is 5.91 Å². The SMILES string of the molecule is COC1CCC(C(N)C(N)=O)CC1. The summed E-state index contributed by atoms with van der Waals surface area (Å²) in [6, 6.07) is -0.474. The third-order valence-electron chi connectivity index (χ3n) is 2.89. The maximum atomic E-state index is 10.8. The standard InChI is InChI=1S/C9H18N2O2/c1-13-7-4-2-6(3-5-7)8(10)9(11)12/h6-8H,2-5,10H2,1H3,(H2,11,12). The lowest BCUT2D eigenvalue weighted by Crippen LogP contribution is -2.44. The maximum Gasteiger partial charge on any atom is 0.234 e. The Bertz CT molecular complexity index is 176. The van der Waals surface area contributed by atoms with E-state index in [1.807, 2.05) is 0 Å². The molecule has 0 aliphatic heterocycles. The van der Waals surface area contributed by atoms with Crippen LogP contribution in [0.4, 0.5) is 0 Å². The smallest absolute Gasteiger partial charge is 0.234 e. The molecular weight excluding hydrogens is 168 g/mol. The Hall–Kier alpha value is -0.610. The van der Waals surface area contributed by atoms with E-state index in [1.165, 1.54) is 0 Å². The lowest BCUT2D eigenvalue weighted by molar-refractivity contribution is -0.120. The van der Waals surface area contributed by atoms with E-state index in [0.717, 1.165) is 25.7 Å². The van der Waals surface area contributed by atoms with Crippen LogP contribution in [-0.4, -0.2) is 25.2 Å². The number of rotatable bonds is 3. The second kappa shape index (κ2) is 4.58. The molecule has 1 amide bonds. The molecule has 0 aromatic heterocycles. The van der Waals surface area contributed by atoms with Crippen molar-refractivity contribution in [1.29, 1.82) is 0 Å². The van der Waals surface area contributed by atoms with E-state index in [4.69, 9.17) is 16.2 Å². The Morgan fingerprint density at radius 2 is 1.92 bits per heavy atom. The lowest BCUT2D eigenvalue weighted by Gasteiger charge is -2.29. The van der Waals surface area contributed by atoms with Crippen molar-refractivity contribution in [2.24, 2.45) is 17.4 Å². The van der Waals surface area contributed by atoms with Crippen LogP contribution in [0.25, 0.3) is 0 Å². The predicted molar refractivity (Wildman–Crippen MR) is 49.9 cm³/mol. The number of amides is 1. The fourth-order valence-corrected chi connectivity index (χ4v) is 1.92. The first kappa shape index (κ1) is 10.5. The highest BCUT2D eigenvalue weighted by Gasteiger charge is 2.27. The molecule has 1 atom stereocenters. The van der Waals surface area contributed by atoms with E-state index < -0.39 is 6.04 Å². The minimum absolute atomic E-state index is 0.254. The van der Waals surface area contributed by atoms with Crippen LogP contribution in [0.1, 0.15) is 25.7 Å². The quantitative estimate of drug-likeness (QED) is 0.651. The molecule has 1 aliphatic carbocycles. The van der Waals surface area contributed by atoms with Gasteiger partial charge in [0, 0.05) is 7.11 Å². The van der Waals surface area contributed by atoms with Gasteiger partial charge in [-0.3, -0.25) is 4.79 Å². The minimum Gasteiger partial charge on any atom is -0.381 e. The van der Waals surface area contributed by atoms with E-state index >= 15 is 0 Å². The monoisotopic (exact) mass is 186 g/mol. The highest BCUT2D eigenvalue weighted by atomic mass is 16.5. The van der Waals surface area contributed by atoms with Gasteiger partial charge in [0.05, 0.1) is 12.1 Å². The van der Waals surface area contributed by atoms with Crippen molar-refractivity contribution < 1.29 is 9.53 Å². The van der Waals surface area contributed by atoms with Crippen LogP contribution in [0, 0.1) is 5.92 Å². The molecule has 4 N–H and O–H groups in total. The summed E-state index contributed by atoms with van der Waals surface area (Å²) in [5.41, 5.74) is 10.8. The Kier molecular flexibility index (Phi) is 3.69. The summed E-state index contributed by atoms with van der Waals surface area (Å²) >= 11 is 0. The lowest BCUT2D eigenvalue weighted by atomic mass is 9.82. The molecule has 1 fully saturated rings. The molecule has 1 saturated carbocycles. The van der Waals surface area contributed by atoms with E-state index in [1.54, 1.807) is 7.11 Å². The van der Waals surface area contributed by atoms with Gasteiger partial charge >= 0.3 is 0 Å². The zero-order valence-electron chi connectivity index (χ0n) is 8.03. The van der Waals surface area contributed by atoms with Gasteiger partial charge in [-0.15, -0.1) is 0 Å². The first-order chi connectivity index (χ1) is 6.15. The van der Waals surface area contributed by atoms with Gasteiger partial charge in [-0.2, -0.15) is 0 Å². The zero-order valence-corrected chi connectivity index (χ0v) is 8.03. The third-order valence-corrected chi connectivity index (χ3v) is 2.89. The average Bonchev–Trinajstić information content (AvgIpc) is 2.17. The Morgan fingerprint density at radius 1 is 1.38 bits per heavy atom. The van der Waals surface area contributed by atoms with Crippen LogP contribution in [0.15, 0.2) is 0 Å². The van der Waals surface area contributed by atoms with Gasteiger partial charge in [0.1, 0.15) is 0 Å². The highest BCUT2D eigenvalue weighted by Crippen LogP contribution is 2.27. The van der Waals surface area contributed by atoms with Crippen molar-refractivity contribution in [3.8, 4) is 0 Å². The molecular formula is C9H18N2O2. The largest absolute Gasteiger partial charge is 0.381 e. The predicted octanol–water partition coefficient (Wildman–Crippen LogP) is 0.00420. The highest BCUT2D eigenvalue weighted by molar-refractivity contribution is 5.79. The first-order valence-corrected chi connectivity index (χ1v) is 4.73. The number of methoxy groups -OCH3 is 1. The Morgan fingerprint density at radius 3 is 2.31 bits per heavy atom. The summed E-state index contributed by atoms with van der Waals surface area (Å²) in [6.07, 6.45) is 4.21. The molecule has 0 radical (unpaired) electrons. The molecule has 0 heterocycles. The van der Waals surface area contributed by atoms with Crippen LogP contribution in [0.3, 0.4) is 0 Å². The number of hydrogen-bond acceptors (Lipinski definition) is 3. The molecule has 0 saturated heterocycles. The number of primary amides is 1. The maximum absolute atomic E-state index is 10.8. The normalized spacial score (nSPS) is 31.2. The van der Waals surface area contributed by atoms with Crippen molar-refractivity contribution in [2.45, 2.75) is 37.8 Å². The first-order valence-electron chi connectivity index (χ1n) is 4.73. The summed E-state index contributed by atoms with van der Waals surface area (Å²) < 4.78 is 5.22. The van der Waals surface area contributed by atoms with Crippen molar-refractivity contribution in [3.63, 3.8) is 0 Å². The van der Waals surface area contributed by atoms with E-state index in [-0.39, 0.29) is 11.8 Å². The average molecular weight is 186 g/mol. The number of carbonyl (C=O) groups excluding carboxylic acids is 1. The Balaban J connectivity index is 2.36. The van der Waals surface area contributed by atoms with Gasteiger partial charge in [-0.25, -0.2) is 0 Å². The molecule has 0 bridgehead atoms. The van der Waals surface area contributed by atoms with Crippen LogP contribution >= 0.6 is 0 Å². The van der Waals surface area contributed by atoms with Crippen molar-refractivity contribution in [1.82, 2.24) is 0 Å². The molecule has 1 rings (SSSR count). The fourth-order valence-electron chi connectivity index (χ4n) is 1.92. The molecule has 1 unspecified atom stereocenters. The van der Waals surface area contributed by atoms with Crippen molar-refractivity contribution >= 4 is 5.91 Å². The van der Waals surface area contributed by atoms with Gasteiger partial charge in [0.25, 0.3) is 0 Å². The van der Waals surface area contributed by atoms with Gasteiger partial charge in [0.15, 0.2) is 0 Å². The molecule has 4 nitrogen and oxygen atoms in total. The summed E-state index contributed by atoms with van der Waals surface area (Å²) in [7, 11) is 1.72. The summed E-state index contributed by atoms with van der Waals surface area (Å²) in [5, 5.41) is 0. The second-order valence-corrected chi connectivity index (χ2v) is 3.70.